The molecule has 0 unspecified atom stereocenters. The van der Waals surface area contributed by atoms with Crippen LogP contribution in [0.1, 0.15) is 5.69 Å². The van der Waals surface area contributed by atoms with Crippen molar-refractivity contribution < 1.29 is 22.3 Å². The van der Waals surface area contributed by atoms with Crippen molar-refractivity contribution in [2.45, 2.75) is 12.3 Å². The normalized spacial score (nSPS) is 11.6. The number of amidine groups is 1. The molecule has 1 aromatic rings. The average molecular weight is 251 g/mol. The van der Waals surface area contributed by atoms with Gasteiger partial charge >= 0.3 is 12.3 Å². The van der Waals surface area contributed by atoms with E-state index in [0.717, 1.165) is 6.20 Å². The van der Waals surface area contributed by atoms with Gasteiger partial charge in [0.2, 0.25) is 0 Å². The SMILES string of the molecule is N=C(N)c1ccc(OCC(F)(F)C(F)F)cn1. The van der Waals surface area contributed by atoms with Crippen molar-refractivity contribution in [2.24, 2.45) is 5.73 Å². The minimum absolute atomic E-state index is 0.102. The van der Waals surface area contributed by atoms with Crippen LogP contribution in [0, 0.1) is 5.41 Å². The highest BCUT2D eigenvalue weighted by molar-refractivity contribution is 5.92. The molecule has 0 saturated heterocycles. The maximum absolute atomic E-state index is 12.5. The van der Waals surface area contributed by atoms with E-state index in [-0.39, 0.29) is 17.3 Å². The van der Waals surface area contributed by atoms with Crippen molar-refractivity contribution in [1.82, 2.24) is 4.98 Å². The molecule has 1 heterocycles. The fraction of sp³-hybridized carbons (Fsp3) is 0.333. The second kappa shape index (κ2) is 4.98. The molecular formula is C9H9F4N3O. The Hall–Kier alpha value is -1.86. The Morgan fingerprint density at radius 3 is 2.53 bits per heavy atom. The summed E-state index contributed by atoms with van der Waals surface area (Å²) in [5.41, 5.74) is 5.24. The minimum atomic E-state index is -4.21. The summed E-state index contributed by atoms with van der Waals surface area (Å²) < 4.78 is 53.0. The Kier molecular flexibility index (Phi) is 3.87. The first-order valence-electron chi connectivity index (χ1n) is 4.42. The van der Waals surface area contributed by atoms with Gasteiger partial charge in [-0.25, -0.2) is 13.8 Å². The third-order valence-electron chi connectivity index (χ3n) is 1.76. The lowest BCUT2D eigenvalue weighted by Gasteiger charge is -2.15. The van der Waals surface area contributed by atoms with E-state index in [0.29, 0.717) is 0 Å². The summed E-state index contributed by atoms with van der Waals surface area (Å²) in [5, 5.41) is 7.02. The zero-order valence-electron chi connectivity index (χ0n) is 8.46. The number of halogens is 4. The van der Waals surface area contributed by atoms with Crippen LogP contribution in [0.25, 0.3) is 0 Å². The molecule has 0 amide bonds. The molecule has 3 N–H and O–H groups in total. The van der Waals surface area contributed by atoms with Crippen molar-refractivity contribution >= 4 is 5.84 Å². The summed E-state index contributed by atoms with van der Waals surface area (Å²) >= 11 is 0. The van der Waals surface area contributed by atoms with E-state index < -0.39 is 19.0 Å². The second-order valence-corrected chi connectivity index (χ2v) is 3.14. The number of hydrogen-bond donors (Lipinski definition) is 2. The quantitative estimate of drug-likeness (QED) is 0.474. The van der Waals surface area contributed by atoms with Gasteiger partial charge in [0, 0.05) is 0 Å². The van der Waals surface area contributed by atoms with Gasteiger partial charge in [0.25, 0.3) is 0 Å². The smallest absolute Gasteiger partial charge is 0.340 e. The molecule has 0 aromatic carbocycles. The van der Waals surface area contributed by atoms with E-state index in [2.05, 4.69) is 9.72 Å². The maximum Gasteiger partial charge on any atom is 0.340 e. The second-order valence-electron chi connectivity index (χ2n) is 3.14. The van der Waals surface area contributed by atoms with Crippen LogP contribution >= 0.6 is 0 Å². The number of pyridine rings is 1. The number of nitrogens with one attached hydrogen (secondary N) is 1. The number of alkyl halides is 4. The van der Waals surface area contributed by atoms with E-state index in [1.54, 1.807) is 0 Å². The van der Waals surface area contributed by atoms with Gasteiger partial charge in [0.05, 0.1) is 6.20 Å². The van der Waals surface area contributed by atoms with Crippen molar-refractivity contribution in [3.05, 3.63) is 24.0 Å². The van der Waals surface area contributed by atoms with Gasteiger partial charge in [-0.05, 0) is 12.1 Å². The van der Waals surface area contributed by atoms with E-state index in [4.69, 9.17) is 11.1 Å². The maximum atomic E-state index is 12.5. The first-order valence-corrected chi connectivity index (χ1v) is 4.42. The van der Waals surface area contributed by atoms with Gasteiger partial charge in [-0.2, -0.15) is 8.78 Å². The van der Waals surface area contributed by atoms with Gasteiger partial charge in [-0.3, -0.25) is 5.41 Å². The molecule has 0 aliphatic carbocycles. The van der Waals surface area contributed by atoms with E-state index in [1.165, 1.54) is 12.1 Å². The standard InChI is InChI=1S/C9H9F4N3O/c10-8(11)9(12,13)4-17-5-1-2-6(7(14)15)16-3-5/h1-3,8H,4H2,(H3,14,15). The van der Waals surface area contributed by atoms with Crippen LogP contribution in [0.3, 0.4) is 0 Å². The van der Waals surface area contributed by atoms with E-state index in [9.17, 15) is 17.6 Å². The lowest BCUT2D eigenvalue weighted by atomic mass is 10.3. The fourth-order valence-corrected chi connectivity index (χ4v) is 0.868. The molecular weight excluding hydrogens is 242 g/mol. The molecule has 94 valence electrons. The van der Waals surface area contributed by atoms with Crippen LogP contribution in [-0.4, -0.2) is 29.8 Å². The van der Waals surface area contributed by atoms with Crippen molar-refractivity contribution in [3.8, 4) is 5.75 Å². The van der Waals surface area contributed by atoms with Crippen LogP contribution in [-0.2, 0) is 0 Å². The molecule has 8 heteroatoms. The van der Waals surface area contributed by atoms with Crippen LogP contribution < -0.4 is 10.5 Å². The summed E-state index contributed by atoms with van der Waals surface area (Å²) in [7, 11) is 0. The highest BCUT2D eigenvalue weighted by Gasteiger charge is 2.41. The Morgan fingerprint density at radius 1 is 1.47 bits per heavy atom. The van der Waals surface area contributed by atoms with Gasteiger partial charge < -0.3 is 10.5 Å². The fourth-order valence-electron chi connectivity index (χ4n) is 0.868. The molecule has 0 aliphatic heterocycles. The third-order valence-corrected chi connectivity index (χ3v) is 1.76. The number of rotatable bonds is 5. The lowest BCUT2D eigenvalue weighted by molar-refractivity contribution is -0.148. The number of hydrogen-bond acceptors (Lipinski definition) is 3. The van der Waals surface area contributed by atoms with Crippen LogP contribution in [0.4, 0.5) is 17.6 Å². The van der Waals surface area contributed by atoms with Gasteiger partial charge in [-0.1, -0.05) is 0 Å². The largest absolute Gasteiger partial charge is 0.485 e. The highest BCUT2D eigenvalue weighted by atomic mass is 19.3. The van der Waals surface area contributed by atoms with Crippen molar-refractivity contribution in [2.75, 3.05) is 6.61 Å². The number of nitrogens with two attached hydrogens (primary N) is 1. The first kappa shape index (κ1) is 13.2. The first-order chi connectivity index (χ1) is 7.83. The van der Waals surface area contributed by atoms with Crippen molar-refractivity contribution in [1.29, 1.82) is 5.41 Å². The number of aromatic nitrogens is 1. The number of ether oxygens (including phenoxy) is 1. The molecule has 0 radical (unpaired) electrons. The summed E-state index contributed by atoms with van der Waals surface area (Å²) in [5.74, 6) is -4.61. The molecule has 0 atom stereocenters. The zero-order valence-corrected chi connectivity index (χ0v) is 8.46. The predicted octanol–water partition coefficient (Wildman–Crippen LogP) is 1.64. The van der Waals surface area contributed by atoms with E-state index >= 15 is 0 Å². The summed E-state index contributed by atoms with van der Waals surface area (Å²) in [6.45, 7) is -1.44. The van der Waals surface area contributed by atoms with Crippen molar-refractivity contribution in [3.63, 3.8) is 0 Å². The number of nitrogen functional groups attached to an aromatic ring is 1. The van der Waals surface area contributed by atoms with Crippen LogP contribution in [0.15, 0.2) is 18.3 Å². The summed E-state index contributed by atoms with van der Waals surface area (Å²) in [6.07, 6.45) is -2.76. The molecule has 0 spiro atoms. The summed E-state index contributed by atoms with van der Waals surface area (Å²) in [4.78, 5) is 3.62. The molecule has 0 aliphatic rings. The molecule has 1 rings (SSSR count). The van der Waals surface area contributed by atoms with E-state index in [1.807, 2.05) is 0 Å². The van der Waals surface area contributed by atoms with Gasteiger partial charge in [-0.15, -0.1) is 0 Å². The predicted molar refractivity (Wildman–Crippen MR) is 51.7 cm³/mol. The Morgan fingerprint density at radius 2 is 2.12 bits per heavy atom. The zero-order chi connectivity index (χ0) is 13.1. The van der Waals surface area contributed by atoms with Gasteiger partial charge in [0.1, 0.15) is 17.3 Å². The third kappa shape index (κ3) is 3.58. The molecule has 0 bridgehead atoms. The topological polar surface area (TPSA) is 72.0 Å². The average Bonchev–Trinajstić information content (AvgIpc) is 2.27. The van der Waals surface area contributed by atoms with Crippen LogP contribution in [0.2, 0.25) is 0 Å². The molecule has 17 heavy (non-hydrogen) atoms. The van der Waals surface area contributed by atoms with Gasteiger partial charge in [0.15, 0.2) is 6.61 Å². The van der Waals surface area contributed by atoms with Crippen LogP contribution in [0.5, 0.6) is 5.75 Å². The summed E-state index contributed by atoms with van der Waals surface area (Å²) in [6, 6.07) is 2.48. The highest BCUT2D eigenvalue weighted by Crippen LogP contribution is 2.23. The number of nitrogens with zero attached hydrogens (tertiary/aromatic N) is 1. The molecule has 0 fully saturated rings. The lowest BCUT2D eigenvalue weighted by Crippen LogP contribution is -2.33. The minimum Gasteiger partial charge on any atom is -0.485 e. The molecule has 4 nitrogen and oxygen atoms in total. The Labute approximate surface area is 93.9 Å². The molecule has 0 saturated carbocycles. The monoisotopic (exact) mass is 251 g/mol. The Bertz CT molecular complexity index is 394. The Balaban J connectivity index is 2.62. The molecule has 1 aromatic heterocycles.